The maximum atomic E-state index is 9.13. The molecule has 0 unspecified atom stereocenters. The van der Waals surface area contributed by atoms with Crippen LogP contribution in [0.25, 0.3) is 55.4 Å². The summed E-state index contributed by atoms with van der Waals surface area (Å²) < 4.78 is 153. The van der Waals surface area contributed by atoms with Gasteiger partial charge in [-0.3, -0.25) is 0 Å². The summed E-state index contributed by atoms with van der Waals surface area (Å²) in [5, 5.41) is -2.30. The van der Waals surface area contributed by atoms with Crippen molar-refractivity contribution in [2.45, 2.75) is 0 Å². The zero-order valence-electron chi connectivity index (χ0n) is 34.2. The van der Waals surface area contributed by atoms with Crippen molar-refractivity contribution in [3.63, 3.8) is 0 Å². The molecule has 156 valence electrons. The van der Waals surface area contributed by atoms with E-state index in [0.717, 1.165) is 0 Å². The van der Waals surface area contributed by atoms with Crippen LogP contribution in [-0.2, 0) is 0 Å². The van der Waals surface area contributed by atoms with Crippen LogP contribution >= 0.6 is 11.6 Å². The summed E-state index contributed by atoms with van der Waals surface area (Å²) in [5.74, 6) is -1.12. The molecule has 1 heterocycles. The lowest BCUT2D eigenvalue weighted by molar-refractivity contribution is 1.07. The van der Waals surface area contributed by atoms with Gasteiger partial charge in [0.15, 0.2) is 11.6 Å². The minimum Gasteiger partial charge on any atom is -0.208 e. The van der Waals surface area contributed by atoms with Gasteiger partial charge in [-0.1, -0.05) is 103 Å². The van der Waals surface area contributed by atoms with Crippen LogP contribution in [0.3, 0.4) is 0 Å². The van der Waals surface area contributed by atoms with Crippen molar-refractivity contribution < 1.29 is 24.7 Å². The van der Waals surface area contributed by atoms with Crippen LogP contribution in [0.2, 0.25) is 5.28 Å². The SMILES string of the molecule is [2H]c1c([2H])c([2H])c(-c2nc(Cl)nc(-c3c([2H])c([2H])c(-c4c([2H])c([2H])c5c([2H])c([2H])c6c([2H])c([2H])c([2H])c([2H])c6c5c4[2H])c([2H])c3[2H])n2)c([2H])c1[2H]. The zero-order chi connectivity index (χ0) is 37.9. The number of benzene rings is 5. The van der Waals surface area contributed by atoms with E-state index in [2.05, 4.69) is 15.0 Å². The van der Waals surface area contributed by atoms with Gasteiger partial charge in [-0.05, 0) is 50.3 Å². The van der Waals surface area contributed by atoms with Crippen molar-refractivity contribution in [3.8, 4) is 33.9 Å². The van der Waals surface area contributed by atoms with Gasteiger partial charge >= 0.3 is 0 Å². The van der Waals surface area contributed by atoms with E-state index in [0.29, 0.717) is 0 Å². The Bertz CT molecular complexity index is 2540. The predicted molar refractivity (Wildman–Crippen MR) is 136 cm³/mol. The van der Waals surface area contributed by atoms with Gasteiger partial charge in [0.1, 0.15) is 0 Å². The quantitative estimate of drug-likeness (QED) is 0.252. The van der Waals surface area contributed by atoms with Gasteiger partial charge < -0.3 is 0 Å². The minimum absolute atomic E-state index is 0.399. The number of aromatic nitrogens is 3. The molecule has 3 nitrogen and oxygen atoms in total. The fourth-order valence-corrected chi connectivity index (χ4v) is 3.18. The molecule has 0 amide bonds. The molecule has 0 fully saturated rings. The highest BCUT2D eigenvalue weighted by Gasteiger charge is 2.10. The highest BCUT2D eigenvalue weighted by Crippen LogP contribution is 2.31. The Morgan fingerprint density at radius 2 is 1.03 bits per heavy atom. The third-order valence-corrected chi connectivity index (χ3v) is 4.66. The standard InChI is InChI=1S/C29H18ClN3/c30-29-32-27(22-7-2-1-3-8-22)31-28(33-29)23-15-10-19(11-16-23)24-17-14-21-13-12-20-6-4-5-9-25(20)26(21)18-24/h1-18H/i1D,2D,3D,4D,5D,6D,7D,8D,9D,10D,11D,12D,13D,14D,15D,16D,17D,18D. The Morgan fingerprint density at radius 3 is 1.79 bits per heavy atom. The van der Waals surface area contributed by atoms with Gasteiger partial charge in [-0.15, -0.1) is 0 Å². The molecule has 0 aliphatic rings. The van der Waals surface area contributed by atoms with Crippen molar-refractivity contribution >= 4 is 33.1 Å². The molecule has 0 spiro atoms. The lowest BCUT2D eigenvalue weighted by Crippen LogP contribution is -1.97. The molecule has 6 aromatic rings. The van der Waals surface area contributed by atoms with Gasteiger partial charge in [-0.25, -0.2) is 4.98 Å². The minimum atomic E-state index is -0.859. The van der Waals surface area contributed by atoms with Gasteiger partial charge in [0.2, 0.25) is 5.28 Å². The molecular weight excluding hydrogens is 426 g/mol. The summed E-state index contributed by atoms with van der Waals surface area (Å²) >= 11 is 6.12. The highest BCUT2D eigenvalue weighted by atomic mass is 35.5. The number of hydrogen-bond acceptors (Lipinski definition) is 3. The monoisotopic (exact) mass is 461 g/mol. The molecule has 0 aliphatic carbocycles. The maximum Gasteiger partial charge on any atom is 0.226 e. The van der Waals surface area contributed by atoms with E-state index in [1.165, 1.54) is 0 Å². The topological polar surface area (TPSA) is 38.7 Å². The number of hydrogen-bond donors (Lipinski definition) is 0. The largest absolute Gasteiger partial charge is 0.226 e. The zero-order valence-corrected chi connectivity index (χ0v) is 17.0. The third-order valence-electron chi connectivity index (χ3n) is 4.49. The average molecular weight is 462 g/mol. The first-order chi connectivity index (χ1) is 23.8. The first kappa shape index (κ1) is 8.36. The molecule has 0 atom stereocenters. The summed E-state index contributed by atoms with van der Waals surface area (Å²) in [4.78, 5) is 11.9. The van der Waals surface area contributed by atoms with Crippen molar-refractivity contribution in [2.75, 3.05) is 0 Å². The summed E-state index contributed by atoms with van der Waals surface area (Å²) in [6, 6.07) is -13.4. The van der Waals surface area contributed by atoms with Crippen LogP contribution in [0.4, 0.5) is 0 Å². The molecule has 0 radical (unpaired) electrons. The molecule has 0 saturated carbocycles. The van der Waals surface area contributed by atoms with Crippen LogP contribution in [0.1, 0.15) is 24.7 Å². The van der Waals surface area contributed by atoms with Crippen LogP contribution in [-0.4, -0.2) is 15.0 Å². The molecule has 0 bridgehead atoms. The molecule has 33 heavy (non-hydrogen) atoms. The number of halogens is 1. The smallest absolute Gasteiger partial charge is 0.208 e. The van der Waals surface area contributed by atoms with E-state index < -0.39 is 169 Å². The van der Waals surface area contributed by atoms with Crippen LogP contribution < -0.4 is 0 Å². The number of rotatable bonds is 3. The number of nitrogens with zero attached hydrogens (tertiary/aromatic N) is 3. The van der Waals surface area contributed by atoms with E-state index in [-0.39, 0.29) is 0 Å². The summed E-state index contributed by atoms with van der Waals surface area (Å²) in [6.07, 6.45) is 0. The van der Waals surface area contributed by atoms with E-state index >= 15 is 0 Å². The predicted octanol–water partition coefficient (Wildman–Crippen LogP) is 7.83. The molecule has 0 aliphatic heterocycles. The van der Waals surface area contributed by atoms with Crippen LogP contribution in [0, 0.1) is 0 Å². The summed E-state index contributed by atoms with van der Waals surface area (Å²) in [7, 11) is 0. The second-order valence-electron chi connectivity index (χ2n) is 6.50. The molecule has 4 heteroatoms. The Kier molecular flexibility index (Phi) is 2.06. The Labute approximate surface area is 221 Å². The molecule has 0 saturated heterocycles. The average Bonchev–Trinajstić information content (AvgIpc) is 3.08. The molecular formula is C29H18ClN3. The van der Waals surface area contributed by atoms with Crippen molar-refractivity contribution in [1.29, 1.82) is 0 Å². The lowest BCUT2D eigenvalue weighted by atomic mass is 9.97. The van der Waals surface area contributed by atoms with Gasteiger partial charge in [0, 0.05) is 11.1 Å². The fourth-order valence-electron chi connectivity index (χ4n) is 3.02. The molecule has 6 rings (SSSR count). The Balaban J connectivity index is 1.70. The van der Waals surface area contributed by atoms with Crippen molar-refractivity contribution in [3.05, 3.63) is 114 Å². The molecule has 0 N–H and O–H groups in total. The number of fused-ring (bicyclic) bond motifs is 3. The third kappa shape index (κ3) is 3.73. The van der Waals surface area contributed by atoms with E-state index in [4.69, 9.17) is 36.3 Å². The second kappa shape index (κ2) is 8.12. The van der Waals surface area contributed by atoms with Crippen LogP contribution in [0.5, 0.6) is 0 Å². The molecule has 1 aromatic heterocycles. The summed E-state index contributed by atoms with van der Waals surface area (Å²) in [5.41, 5.74) is -2.34. The first-order valence-electron chi connectivity index (χ1n) is 18.3. The highest BCUT2D eigenvalue weighted by molar-refractivity contribution is 6.28. The second-order valence-corrected chi connectivity index (χ2v) is 6.84. The Hall–Kier alpha value is -4.08. The van der Waals surface area contributed by atoms with Crippen LogP contribution in [0.15, 0.2) is 109 Å². The van der Waals surface area contributed by atoms with Crippen molar-refractivity contribution in [2.24, 2.45) is 0 Å². The van der Waals surface area contributed by atoms with E-state index in [9.17, 15) is 0 Å². The Morgan fingerprint density at radius 1 is 0.485 bits per heavy atom. The maximum absolute atomic E-state index is 9.13. The van der Waals surface area contributed by atoms with Gasteiger partial charge in [0.05, 0.1) is 24.7 Å². The van der Waals surface area contributed by atoms with Gasteiger partial charge in [-0.2, -0.15) is 9.97 Å². The van der Waals surface area contributed by atoms with Gasteiger partial charge in [0.25, 0.3) is 0 Å². The summed E-state index contributed by atoms with van der Waals surface area (Å²) in [6.45, 7) is 0. The van der Waals surface area contributed by atoms with E-state index in [1.54, 1.807) is 0 Å². The van der Waals surface area contributed by atoms with E-state index in [1.807, 2.05) is 0 Å². The fraction of sp³-hybridized carbons (Fsp3) is 0. The van der Waals surface area contributed by atoms with Crippen molar-refractivity contribution in [1.82, 2.24) is 15.0 Å². The lowest BCUT2D eigenvalue weighted by Gasteiger charge is -2.09. The first-order valence-corrected chi connectivity index (χ1v) is 9.66. The normalized spacial score (nSPS) is 18.8. The molecule has 5 aromatic carbocycles.